The quantitative estimate of drug-likeness (QED) is 0.386. The number of carbonyl (C=O) groups excluding carboxylic acids is 2. The summed E-state index contributed by atoms with van der Waals surface area (Å²) in [7, 11) is 0. The van der Waals surface area contributed by atoms with E-state index in [-0.39, 0.29) is 11.6 Å². The van der Waals surface area contributed by atoms with Crippen LogP contribution in [0.1, 0.15) is 52.7 Å². The number of para-hydroxylation sites is 1. The van der Waals surface area contributed by atoms with Crippen LogP contribution in [0.2, 0.25) is 0 Å². The summed E-state index contributed by atoms with van der Waals surface area (Å²) in [5, 5.41) is 3.55. The number of nitrogens with one attached hydrogen (secondary N) is 1. The third-order valence-corrected chi connectivity index (χ3v) is 6.65. The van der Waals surface area contributed by atoms with Gasteiger partial charge in [-0.15, -0.1) is 0 Å². The summed E-state index contributed by atoms with van der Waals surface area (Å²) in [6, 6.07) is 19.0. The molecule has 1 N–H and O–H groups in total. The van der Waals surface area contributed by atoms with Crippen LogP contribution in [0.15, 0.2) is 60.7 Å². The number of hydrogen-bond donors (Lipinski definition) is 1. The van der Waals surface area contributed by atoms with Crippen LogP contribution < -0.4 is 10.2 Å². The second kappa shape index (κ2) is 9.11. The first-order chi connectivity index (χ1) is 16.8. The molecule has 0 bridgehead atoms. The highest BCUT2D eigenvalue weighted by atomic mass is 32.1. The van der Waals surface area contributed by atoms with E-state index in [1.165, 1.54) is 11.3 Å². The van der Waals surface area contributed by atoms with Gasteiger partial charge in [-0.25, -0.2) is 14.8 Å². The first-order valence-corrected chi connectivity index (χ1v) is 12.3. The molecule has 0 aliphatic carbocycles. The average molecular weight is 487 g/mol. The van der Waals surface area contributed by atoms with Gasteiger partial charge in [-0.3, -0.25) is 10.1 Å². The number of rotatable bonds is 4. The number of esters is 1. The van der Waals surface area contributed by atoms with Gasteiger partial charge in [0.05, 0.1) is 10.2 Å². The summed E-state index contributed by atoms with van der Waals surface area (Å²) in [6.45, 7) is 6.75. The van der Waals surface area contributed by atoms with Gasteiger partial charge in [0.25, 0.3) is 5.91 Å². The molecule has 4 aromatic rings. The predicted octanol–water partition coefficient (Wildman–Crippen LogP) is 5.46. The second-order valence-electron chi connectivity index (χ2n) is 9.44. The zero-order chi connectivity index (χ0) is 24.6. The predicted molar refractivity (Wildman–Crippen MR) is 138 cm³/mol. The monoisotopic (exact) mass is 486 g/mol. The third kappa shape index (κ3) is 5.02. The Bertz CT molecular complexity index is 1390. The molecular weight excluding hydrogens is 460 g/mol. The fraction of sp³-hybridized carbons (Fsp3) is 0.259. The normalized spacial score (nSPS) is 13.4. The number of aromatic nitrogens is 2. The van der Waals surface area contributed by atoms with E-state index in [9.17, 15) is 9.59 Å². The van der Waals surface area contributed by atoms with Crippen LogP contribution in [0.3, 0.4) is 0 Å². The van der Waals surface area contributed by atoms with Crippen LogP contribution in [0.25, 0.3) is 10.2 Å². The Balaban J connectivity index is 1.38. The lowest BCUT2D eigenvalue weighted by Gasteiger charge is -2.31. The standard InChI is InChI=1S/C27H26N4O3S/c1-27(2,3)34-25(33)21-11-7-13-23(28-21)31-15-14-17-8-6-9-18(19(17)16-31)24(32)30-26-29-20-10-4-5-12-22(20)35-26/h4-13H,14-16H2,1-3H3,(H,29,30,32). The molecule has 1 aliphatic heterocycles. The highest BCUT2D eigenvalue weighted by Crippen LogP contribution is 2.29. The Morgan fingerprint density at radius 2 is 1.80 bits per heavy atom. The number of nitrogens with zero attached hydrogens (tertiary/aromatic N) is 3. The molecule has 35 heavy (non-hydrogen) atoms. The molecule has 0 atom stereocenters. The number of hydrogen-bond acceptors (Lipinski definition) is 7. The molecule has 3 heterocycles. The van der Waals surface area contributed by atoms with Gasteiger partial charge in [-0.2, -0.15) is 0 Å². The number of amides is 1. The maximum absolute atomic E-state index is 13.2. The fourth-order valence-corrected chi connectivity index (χ4v) is 4.98. The van der Waals surface area contributed by atoms with Gasteiger partial charge < -0.3 is 9.64 Å². The van der Waals surface area contributed by atoms with E-state index in [1.54, 1.807) is 6.07 Å². The molecule has 7 nitrogen and oxygen atoms in total. The van der Waals surface area contributed by atoms with Crippen molar-refractivity contribution in [3.8, 4) is 0 Å². The van der Waals surface area contributed by atoms with Crippen LogP contribution in [-0.2, 0) is 17.7 Å². The van der Waals surface area contributed by atoms with Crippen LogP contribution in [-0.4, -0.2) is 34.0 Å². The smallest absolute Gasteiger partial charge is 0.357 e. The van der Waals surface area contributed by atoms with E-state index >= 15 is 0 Å². The second-order valence-corrected chi connectivity index (χ2v) is 10.5. The first kappa shape index (κ1) is 23.0. The van der Waals surface area contributed by atoms with E-state index in [0.717, 1.165) is 34.3 Å². The molecule has 2 aromatic heterocycles. The average Bonchev–Trinajstić information content (AvgIpc) is 3.24. The van der Waals surface area contributed by atoms with Crippen LogP contribution in [0, 0.1) is 0 Å². The number of anilines is 2. The maximum atomic E-state index is 13.2. The van der Waals surface area contributed by atoms with Crippen LogP contribution in [0.4, 0.5) is 10.9 Å². The van der Waals surface area contributed by atoms with E-state index in [0.29, 0.717) is 23.1 Å². The highest BCUT2D eigenvalue weighted by molar-refractivity contribution is 7.22. The Morgan fingerprint density at radius 1 is 1.00 bits per heavy atom. The summed E-state index contributed by atoms with van der Waals surface area (Å²) >= 11 is 1.46. The van der Waals surface area contributed by atoms with E-state index in [4.69, 9.17) is 4.74 Å². The lowest BCUT2D eigenvalue weighted by Crippen LogP contribution is -2.33. The van der Waals surface area contributed by atoms with Gasteiger partial charge in [-0.05, 0) is 68.7 Å². The molecule has 0 saturated carbocycles. The van der Waals surface area contributed by atoms with Gasteiger partial charge in [0.15, 0.2) is 10.8 Å². The van der Waals surface area contributed by atoms with Crippen molar-refractivity contribution in [2.45, 2.75) is 39.3 Å². The number of benzene rings is 2. The largest absolute Gasteiger partial charge is 0.455 e. The molecule has 2 aromatic carbocycles. The zero-order valence-corrected chi connectivity index (χ0v) is 20.7. The number of pyridine rings is 1. The molecule has 178 valence electrons. The molecule has 0 saturated heterocycles. The number of thiazole rings is 1. The van der Waals surface area contributed by atoms with E-state index < -0.39 is 11.6 Å². The highest BCUT2D eigenvalue weighted by Gasteiger charge is 2.25. The van der Waals surface area contributed by atoms with Crippen molar-refractivity contribution < 1.29 is 14.3 Å². The summed E-state index contributed by atoms with van der Waals surface area (Å²) < 4.78 is 6.50. The van der Waals surface area contributed by atoms with Gasteiger partial charge >= 0.3 is 5.97 Å². The maximum Gasteiger partial charge on any atom is 0.357 e. The summed E-state index contributed by atoms with van der Waals surface area (Å²) in [5.41, 5.74) is 3.26. The Labute approximate surface area is 207 Å². The number of carbonyl (C=O) groups is 2. The van der Waals surface area contributed by atoms with E-state index in [1.807, 2.05) is 69.3 Å². The Morgan fingerprint density at radius 3 is 2.60 bits per heavy atom. The molecule has 0 unspecified atom stereocenters. The minimum Gasteiger partial charge on any atom is -0.455 e. The lowest BCUT2D eigenvalue weighted by molar-refractivity contribution is 0.00628. The van der Waals surface area contributed by atoms with Gasteiger partial charge in [-0.1, -0.05) is 41.7 Å². The van der Waals surface area contributed by atoms with Crippen molar-refractivity contribution in [1.29, 1.82) is 0 Å². The van der Waals surface area contributed by atoms with Crippen molar-refractivity contribution in [3.05, 3.63) is 83.0 Å². The van der Waals surface area contributed by atoms with Crippen LogP contribution in [0.5, 0.6) is 0 Å². The molecule has 1 amide bonds. The zero-order valence-electron chi connectivity index (χ0n) is 19.9. The van der Waals surface area contributed by atoms with Gasteiger partial charge in [0.1, 0.15) is 11.4 Å². The molecule has 5 rings (SSSR count). The lowest BCUT2D eigenvalue weighted by atomic mass is 9.94. The molecule has 0 fully saturated rings. The van der Waals surface area contributed by atoms with E-state index in [2.05, 4.69) is 26.3 Å². The topological polar surface area (TPSA) is 84.4 Å². The molecule has 0 spiro atoms. The SMILES string of the molecule is CC(C)(C)OC(=O)c1cccc(N2CCc3cccc(C(=O)Nc4nc5ccccc5s4)c3C2)n1. The Kier molecular flexibility index (Phi) is 5.98. The molecule has 1 aliphatic rings. The molecule has 0 radical (unpaired) electrons. The van der Waals surface area contributed by atoms with Crippen LogP contribution >= 0.6 is 11.3 Å². The molecular formula is C27H26N4O3S. The van der Waals surface area contributed by atoms with Crippen molar-refractivity contribution >= 4 is 44.4 Å². The number of ether oxygens (including phenoxy) is 1. The summed E-state index contributed by atoms with van der Waals surface area (Å²) in [6.07, 6.45) is 0.774. The van der Waals surface area contributed by atoms with Crippen molar-refractivity contribution in [2.75, 3.05) is 16.8 Å². The third-order valence-electron chi connectivity index (χ3n) is 5.70. The number of fused-ring (bicyclic) bond motifs is 2. The van der Waals surface area contributed by atoms with Gasteiger partial charge in [0.2, 0.25) is 0 Å². The summed E-state index contributed by atoms with van der Waals surface area (Å²) in [5.74, 6) is 0.0475. The van der Waals surface area contributed by atoms with Crippen molar-refractivity contribution in [2.24, 2.45) is 0 Å². The van der Waals surface area contributed by atoms with Crippen molar-refractivity contribution in [1.82, 2.24) is 9.97 Å². The summed E-state index contributed by atoms with van der Waals surface area (Å²) in [4.78, 5) is 36.9. The van der Waals surface area contributed by atoms with Crippen molar-refractivity contribution in [3.63, 3.8) is 0 Å². The first-order valence-electron chi connectivity index (χ1n) is 11.5. The molecule has 8 heteroatoms. The minimum atomic E-state index is -0.593. The minimum absolute atomic E-state index is 0.182. The Hall–Kier alpha value is -3.78. The van der Waals surface area contributed by atoms with Gasteiger partial charge in [0, 0.05) is 18.7 Å². The fourth-order valence-electron chi connectivity index (χ4n) is 4.12.